The molecule has 0 bridgehead atoms. The predicted molar refractivity (Wildman–Crippen MR) is 67.2 cm³/mol. The third kappa shape index (κ3) is 1.98. The van der Waals surface area contributed by atoms with Gasteiger partial charge in [-0.2, -0.15) is 5.26 Å². The summed E-state index contributed by atoms with van der Waals surface area (Å²) in [7, 11) is 0. The molecule has 2 rings (SSSR count). The van der Waals surface area contributed by atoms with Gasteiger partial charge in [-0.1, -0.05) is 30.4 Å². The molecule has 17 heavy (non-hydrogen) atoms. The Morgan fingerprint density at radius 1 is 1.47 bits per heavy atom. The van der Waals surface area contributed by atoms with Crippen LogP contribution in [0.15, 0.2) is 42.5 Å². The summed E-state index contributed by atoms with van der Waals surface area (Å²) in [5.74, 6) is -0.171. The maximum atomic E-state index is 12.0. The standard InChI is InChI=1S/C14H12N2O/c1-2-5-14(17)16-12(10-15)9-8-11-6-3-4-7-13(11)16/h2-9,12H,1H3/b5-2+. The van der Waals surface area contributed by atoms with Crippen molar-refractivity contribution in [1.29, 1.82) is 5.26 Å². The minimum absolute atomic E-state index is 0.171. The molecular formula is C14H12N2O. The molecule has 1 atom stereocenters. The molecule has 0 aliphatic carbocycles. The monoisotopic (exact) mass is 224 g/mol. The van der Waals surface area contributed by atoms with Crippen LogP contribution in [0.3, 0.4) is 0 Å². The Morgan fingerprint density at radius 3 is 2.94 bits per heavy atom. The van der Waals surface area contributed by atoms with E-state index in [0.29, 0.717) is 0 Å². The average Bonchev–Trinajstić information content (AvgIpc) is 2.37. The molecule has 1 heterocycles. The number of fused-ring (bicyclic) bond motifs is 1. The molecule has 0 spiro atoms. The van der Waals surface area contributed by atoms with E-state index in [1.165, 1.54) is 11.0 Å². The lowest BCUT2D eigenvalue weighted by atomic mass is 10.0. The molecule has 1 aromatic rings. The number of nitriles is 1. The summed E-state index contributed by atoms with van der Waals surface area (Å²) in [5.41, 5.74) is 1.74. The number of benzene rings is 1. The van der Waals surface area contributed by atoms with E-state index in [0.717, 1.165) is 11.3 Å². The van der Waals surface area contributed by atoms with Crippen LogP contribution in [0.2, 0.25) is 0 Å². The maximum absolute atomic E-state index is 12.0. The summed E-state index contributed by atoms with van der Waals surface area (Å²) in [6.45, 7) is 1.78. The number of carbonyl (C=O) groups excluding carboxylic acids is 1. The van der Waals surface area contributed by atoms with Crippen molar-refractivity contribution in [3.63, 3.8) is 0 Å². The van der Waals surface area contributed by atoms with E-state index >= 15 is 0 Å². The fraction of sp³-hybridized carbons (Fsp3) is 0.143. The average molecular weight is 224 g/mol. The smallest absolute Gasteiger partial charge is 0.252 e. The van der Waals surface area contributed by atoms with Crippen molar-refractivity contribution in [2.75, 3.05) is 4.90 Å². The SMILES string of the molecule is C/C=C/C(=O)N1c2ccccc2C=CC1C#N. The zero-order chi connectivity index (χ0) is 12.3. The number of para-hydroxylation sites is 1. The van der Waals surface area contributed by atoms with Gasteiger partial charge in [0, 0.05) is 0 Å². The highest BCUT2D eigenvalue weighted by Crippen LogP contribution is 2.28. The molecule has 84 valence electrons. The van der Waals surface area contributed by atoms with Crippen molar-refractivity contribution in [3.05, 3.63) is 48.1 Å². The quantitative estimate of drug-likeness (QED) is 0.688. The van der Waals surface area contributed by atoms with Crippen LogP contribution < -0.4 is 4.90 Å². The molecule has 0 aromatic heterocycles. The van der Waals surface area contributed by atoms with Gasteiger partial charge in [0.2, 0.25) is 0 Å². The van der Waals surface area contributed by atoms with Crippen LogP contribution in [0.4, 0.5) is 5.69 Å². The first-order valence-electron chi connectivity index (χ1n) is 5.40. The highest BCUT2D eigenvalue weighted by molar-refractivity contribution is 6.04. The molecule has 1 aliphatic rings. The second-order valence-corrected chi connectivity index (χ2v) is 3.70. The molecule has 0 fully saturated rings. The Morgan fingerprint density at radius 2 is 2.24 bits per heavy atom. The van der Waals surface area contributed by atoms with Gasteiger partial charge in [0.15, 0.2) is 0 Å². The summed E-state index contributed by atoms with van der Waals surface area (Å²) in [6.07, 6.45) is 6.77. The Balaban J connectivity index is 2.50. The van der Waals surface area contributed by atoms with Crippen LogP contribution in [0.5, 0.6) is 0 Å². The highest BCUT2D eigenvalue weighted by Gasteiger charge is 2.25. The number of amides is 1. The Hall–Kier alpha value is -2.34. The van der Waals surface area contributed by atoms with Gasteiger partial charge < -0.3 is 0 Å². The second-order valence-electron chi connectivity index (χ2n) is 3.70. The van der Waals surface area contributed by atoms with Gasteiger partial charge in [0.25, 0.3) is 5.91 Å². The molecule has 1 aromatic carbocycles. The summed E-state index contributed by atoms with van der Waals surface area (Å²) in [4.78, 5) is 13.5. The van der Waals surface area contributed by atoms with Gasteiger partial charge >= 0.3 is 0 Å². The van der Waals surface area contributed by atoms with Gasteiger partial charge in [-0.05, 0) is 30.7 Å². The Labute approximate surface area is 100 Å². The lowest BCUT2D eigenvalue weighted by Gasteiger charge is -2.29. The van der Waals surface area contributed by atoms with Gasteiger partial charge in [-0.15, -0.1) is 0 Å². The van der Waals surface area contributed by atoms with E-state index in [9.17, 15) is 4.79 Å². The van der Waals surface area contributed by atoms with Crippen molar-refractivity contribution >= 4 is 17.7 Å². The van der Waals surface area contributed by atoms with Crippen LogP contribution in [0, 0.1) is 11.3 Å². The molecule has 0 radical (unpaired) electrons. The number of rotatable bonds is 1. The number of carbonyl (C=O) groups is 1. The normalized spacial score (nSPS) is 17.9. The molecule has 1 aliphatic heterocycles. The van der Waals surface area contributed by atoms with Crippen LogP contribution in [-0.4, -0.2) is 11.9 Å². The minimum Gasteiger partial charge on any atom is -0.288 e. The van der Waals surface area contributed by atoms with Crippen molar-refractivity contribution < 1.29 is 4.79 Å². The fourth-order valence-electron chi connectivity index (χ4n) is 1.86. The summed E-state index contributed by atoms with van der Waals surface area (Å²) < 4.78 is 0. The number of anilines is 1. The third-order valence-electron chi connectivity index (χ3n) is 2.61. The summed E-state index contributed by atoms with van der Waals surface area (Å²) in [5, 5.41) is 9.08. The van der Waals surface area contributed by atoms with Crippen molar-refractivity contribution in [3.8, 4) is 6.07 Å². The molecule has 0 saturated heterocycles. The molecule has 3 heteroatoms. The van der Waals surface area contributed by atoms with Crippen LogP contribution in [0.1, 0.15) is 12.5 Å². The van der Waals surface area contributed by atoms with E-state index in [1.54, 1.807) is 19.1 Å². The van der Waals surface area contributed by atoms with Gasteiger partial charge in [0.1, 0.15) is 6.04 Å². The summed E-state index contributed by atoms with van der Waals surface area (Å²) >= 11 is 0. The van der Waals surface area contributed by atoms with E-state index in [-0.39, 0.29) is 5.91 Å². The van der Waals surface area contributed by atoms with Crippen LogP contribution in [0.25, 0.3) is 6.08 Å². The van der Waals surface area contributed by atoms with E-state index in [1.807, 2.05) is 30.3 Å². The largest absolute Gasteiger partial charge is 0.288 e. The zero-order valence-electron chi connectivity index (χ0n) is 9.50. The first-order valence-corrected chi connectivity index (χ1v) is 5.40. The Kier molecular flexibility index (Phi) is 3.06. The summed E-state index contributed by atoms with van der Waals surface area (Å²) in [6, 6.07) is 9.14. The van der Waals surface area contributed by atoms with Crippen molar-refractivity contribution in [1.82, 2.24) is 0 Å². The lowest BCUT2D eigenvalue weighted by Crippen LogP contribution is -2.39. The maximum Gasteiger partial charge on any atom is 0.252 e. The zero-order valence-corrected chi connectivity index (χ0v) is 9.50. The molecule has 0 saturated carbocycles. The number of hydrogen-bond donors (Lipinski definition) is 0. The third-order valence-corrected chi connectivity index (χ3v) is 2.61. The second kappa shape index (κ2) is 4.67. The molecule has 0 N–H and O–H groups in total. The van der Waals surface area contributed by atoms with Gasteiger partial charge in [-0.25, -0.2) is 0 Å². The fourth-order valence-corrected chi connectivity index (χ4v) is 1.86. The van der Waals surface area contributed by atoms with E-state index in [4.69, 9.17) is 5.26 Å². The van der Waals surface area contributed by atoms with Crippen molar-refractivity contribution in [2.24, 2.45) is 0 Å². The lowest BCUT2D eigenvalue weighted by molar-refractivity contribution is -0.114. The molecule has 1 unspecified atom stereocenters. The van der Waals surface area contributed by atoms with Crippen LogP contribution >= 0.6 is 0 Å². The minimum atomic E-state index is -0.534. The molecule has 3 nitrogen and oxygen atoms in total. The topological polar surface area (TPSA) is 44.1 Å². The van der Waals surface area contributed by atoms with Gasteiger partial charge in [-0.3, -0.25) is 9.69 Å². The van der Waals surface area contributed by atoms with E-state index in [2.05, 4.69) is 6.07 Å². The molecule has 1 amide bonds. The first-order chi connectivity index (χ1) is 8.27. The number of allylic oxidation sites excluding steroid dienone is 1. The van der Waals surface area contributed by atoms with Crippen LogP contribution in [-0.2, 0) is 4.79 Å². The number of nitrogens with zero attached hydrogens (tertiary/aromatic N) is 2. The number of hydrogen-bond acceptors (Lipinski definition) is 2. The first kappa shape index (κ1) is 11.2. The Bertz CT molecular complexity index is 537. The molecular weight excluding hydrogens is 212 g/mol. The van der Waals surface area contributed by atoms with Crippen molar-refractivity contribution in [2.45, 2.75) is 13.0 Å². The predicted octanol–water partition coefficient (Wildman–Crippen LogP) is 2.51. The van der Waals surface area contributed by atoms with Gasteiger partial charge in [0.05, 0.1) is 11.8 Å². The highest BCUT2D eigenvalue weighted by atomic mass is 16.2. The van der Waals surface area contributed by atoms with E-state index < -0.39 is 6.04 Å².